The van der Waals surface area contributed by atoms with E-state index in [0.717, 1.165) is 0 Å². The van der Waals surface area contributed by atoms with Crippen LogP contribution in [-0.4, -0.2) is 10.9 Å². The van der Waals surface area contributed by atoms with Gasteiger partial charge in [-0.25, -0.2) is 17.6 Å². The molecule has 92 valence electrons. The molecule has 0 aliphatic rings. The second-order valence-corrected chi connectivity index (χ2v) is 3.56. The van der Waals surface area contributed by atoms with Crippen LogP contribution in [0.5, 0.6) is 0 Å². The van der Waals surface area contributed by atoms with Gasteiger partial charge in [-0.1, -0.05) is 12.2 Å². The van der Waals surface area contributed by atoms with Gasteiger partial charge in [0.2, 0.25) is 5.91 Å². The molecule has 8 heteroatoms. The number of amides is 1. The van der Waals surface area contributed by atoms with Crippen LogP contribution in [0.1, 0.15) is 6.42 Å². The third-order valence-corrected chi connectivity index (χ3v) is 1.86. The number of anilines is 1. The molecule has 3 nitrogen and oxygen atoms in total. The Morgan fingerprint density at radius 1 is 1.24 bits per heavy atom. The van der Waals surface area contributed by atoms with E-state index in [0.29, 0.717) is 0 Å². The molecular weight excluding hydrogens is 260 g/mol. The Bertz CT molecular complexity index is 466. The van der Waals surface area contributed by atoms with Crippen molar-refractivity contribution in [1.82, 2.24) is 0 Å². The SMILES string of the molecule is NC(=S)CC(=O)Nc1c(F)c(F)cc(F)c1F. The standard InChI is InChI=1S/C9H6F4N2OS/c10-3-1-4(11)8(13)9(7(3)12)15-6(16)2-5(14)17/h1H,2H2,(H2,14,17)(H,15,16). The van der Waals surface area contributed by atoms with Gasteiger partial charge in [-0.2, -0.15) is 0 Å². The molecule has 1 rings (SSSR count). The fourth-order valence-corrected chi connectivity index (χ4v) is 1.16. The molecule has 0 aromatic heterocycles. The molecule has 3 N–H and O–H groups in total. The highest BCUT2D eigenvalue weighted by molar-refractivity contribution is 7.80. The van der Waals surface area contributed by atoms with E-state index < -0.39 is 41.3 Å². The average molecular weight is 266 g/mol. The van der Waals surface area contributed by atoms with Crippen molar-refractivity contribution in [2.24, 2.45) is 5.73 Å². The van der Waals surface area contributed by atoms with Crippen LogP contribution in [0.3, 0.4) is 0 Å². The maximum absolute atomic E-state index is 13.1. The van der Waals surface area contributed by atoms with Crippen LogP contribution in [-0.2, 0) is 4.79 Å². The Hall–Kier alpha value is -1.70. The lowest BCUT2D eigenvalue weighted by atomic mass is 10.2. The van der Waals surface area contributed by atoms with Crippen molar-refractivity contribution in [2.75, 3.05) is 5.32 Å². The molecule has 0 heterocycles. The first-order chi connectivity index (χ1) is 7.82. The minimum atomic E-state index is -1.69. The summed E-state index contributed by atoms with van der Waals surface area (Å²) in [5.41, 5.74) is 3.81. The van der Waals surface area contributed by atoms with Crippen molar-refractivity contribution in [2.45, 2.75) is 6.42 Å². The van der Waals surface area contributed by atoms with Crippen LogP contribution in [0.4, 0.5) is 23.2 Å². The minimum Gasteiger partial charge on any atom is -0.393 e. The van der Waals surface area contributed by atoms with E-state index in [2.05, 4.69) is 12.2 Å². The summed E-state index contributed by atoms with van der Waals surface area (Å²) in [6.45, 7) is 0. The summed E-state index contributed by atoms with van der Waals surface area (Å²) < 4.78 is 51.7. The highest BCUT2D eigenvalue weighted by atomic mass is 32.1. The Kier molecular flexibility index (Phi) is 4.00. The summed E-state index contributed by atoms with van der Waals surface area (Å²) in [4.78, 5) is 10.9. The van der Waals surface area contributed by atoms with Crippen molar-refractivity contribution in [3.05, 3.63) is 29.3 Å². The molecule has 0 saturated carbocycles. The predicted molar refractivity (Wildman–Crippen MR) is 56.3 cm³/mol. The highest BCUT2D eigenvalue weighted by Gasteiger charge is 2.20. The maximum Gasteiger partial charge on any atom is 0.231 e. The number of halogens is 4. The van der Waals surface area contributed by atoms with Gasteiger partial charge in [0.25, 0.3) is 0 Å². The molecule has 0 saturated heterocycles. The molecule has 0 spiro atoms. The Balaban J connectivity index is 3.06. The number of carbonyl (C=O) groups is 1. The molecule has 1 aromatic rings. The maximum atomic E-state index is 13.1. The topological polar surface area (TPSA) is 55.1 Å². The number of carbonyl (C=O) groups excluding carboxylic acids is 1. The van der Waals surface area contributed by atoms with E-state index in [1.165, 1.54) is 0 Å². The van der Waals surface area contributed by atoms with Crippen LogP contribution < -0.4 is 11.1 Å². The van der Waals surface area contributed by atoms with Crippen LogP contribution in [0.15, 0.2) is 6.07 Å². The van der Waals surface area contributed by atoms with Gasteiger partial charge in [-0.3, -0.25) is 4.79 Å². The second kappa shape index (κ2) is 5.09. The first-order valence-corrected chi connectivity index (χ1v) is 4.65. The second-order valence-electron chi connectivity index (χ2n) is 3.03. The number of hydrogen-bond acceptors (Lipinski definition) is 2. The monoisotopic (exact) mass is 266 g/mol. The van der Waals surface area contributed by atoms with E-state index >= 15 is 0 Å². The lowest BCUT2D eigenvalue weighted by Crippen LogP contribution is -2.21. The largest absolute Gasteiger partial charge is 0.393 e. The van der Waals surface area contributed by atoms with E-state index in [1.807, 2.05) is 0 Å². The number of nitrogens with two attached hydrogens (primary N) is 1. The van der Waals surface area contributed by atoms with Crippen molar-refractivity contribution in [3.63, 3.8) is 0 Å². The first-order valence-electron chi connectivity index (χ1n) is 4.24. The highest BCUT2D eigenvalue weighted by Crippen LogP contribution is 2.24. The van der Waals surface area contributed by atoms with Crippen molar-refractivity contribution < 1.29 is 22.4 Å². The van der Waals surface area contributed by atoms with E-state index in [9.17, 15) is 22.4 Å². The van der Waals surface area contributed by atoms with Crippen LogP contribution in [0.2, 0.25) is 0 Å². The van der Waals surface area contributed by atoms with Gasteiger partial charge < -0.3 is 11.1 Å². The van der Waals surface area contributed by atoms with E-state index in [4.69, 9.17) is 5.73 Å². The Morgan fingerprint density at radius 3 is 2.12 bits per heavy atom. The number of hydrogen-bond donors (Lipinski definition) is 2. The summed E-state index contributed by atoms with van der Waals surface area (Å²) in [5, 5.41) is 1.66. The van der Waals surface area contributed by atoms with E-state index in [-0.39, 0.29) is 11.1 Å². The lowest BCUT2D eigenvalue weighted by Gasteiger charge is -2.08. The van der Waals surface area contributed by atoms with Gasteiger partial charge in [0.1, 0.15) is 5.69 Å². The molecule has 0 unspecified atom stereocenters. The summed E-state index contributed by atoms with van der Waals surface area (Å²) >= 11 is 4.39. The molecule has 0 bridgehead atoms. The van der Waals surface area contributed by atoms with Gasteiger partial charge in [0.15, 0.2) is 23.3 Å². The molecule has 0 aliphatic carbocycles. The fourth-order valence-electron chi connectivity index (χ4n) is 1.02. The summed E-state index contributed by atoms with van der Waals surface area (Å²) in [5.74, 6) is -7.59. The number of nitrogens with one attached hydrogen (secondary N) is 1. The Labute approximate surface area is 98.6 Å². The van der Waals surface area contributed by atoms with Crippen LogP contribution in [0.25, 0.3) is 0 Å². The summed E-state index contributed by atoms with van der Waals surface area (Å²) in [6, 6.07) is 0.0356. The lowest BCUT2D eigenvalue weighted by molar-refractivity contribution is -0.115. The van der Waals surface area contributed by atoms with E-state index in [1.54, 1.807) is 5.32 Å². The predicted octanol–water partition coefficient (Wildman–Crippen LogP) is 1.86. The van der Waals surface area contributed by atoms with Gasteiger partial charge in [-0.05, 0) is 0 Å². The quantitative estimate of drug-likeness (QED) is 0.499. The molecule has 1 amide bonds. The zero-order valence-corrected chi connectivity index (χ0v) is 9.01. The fraction of sp³-hybridized carbons (Fsp3) is 0.111. The van der Waals surface area contributed by atoms with Gasteiger partial charge in [0, 0.05) is 6.07 Å². The number of rotatable bonds is 3. The van der Waals surface area contributed by atoms with Crippen LogP contribution >= 0.6 is 12.2 Å². The molecule has 17 heavy (non-hydrogen) atoms. The van der Waals surface area contributed by atoms with Gasteiger partial charge in [-0.15, -0.1) is 0 Å². The van der Waals surface area contributed by atoms with Crippen molar-refractivity contribution in [1.29, 1.82) is 0 Å². The molecule has 0 atom stereocenters. The minimum absolute atomic E-state index is 0.0356. The first kappa shape index (κ1) is 13.4. The molecule has 1 aromatic carbocycles. The Morgan fingerprint density at radius 2 is 1.71 bits per heavy atom. The zero-order valence-electron chi connectivity index (χ0n) is 8.19. The van der Waals surface area contributed by atoms with Crippen molar-refractivity contribution >= 4 is 28.8 Å². The summed E-state index contributed by atoms with van der Waals surface area (Å²) in [7, 11) is 0. The van der Waals surface area contributed by atoms with Gasteiger partial charge in [0.05, 0.1) is 11.4 Å². The number of benzene rings is 1. The normalized spacial score (nSPS) is 10.1. The van der Waals surface area contributed by atoms with Crippen LogP contribution in [0, 0.1) is 23.3 Å². The molecular formula is C9H6F4N2OS. The zero-order chi connectivity index (χ0) is 13.2. The van der Waals surface area contributed by atoms with Crippen molar-refractivity contribution in [3.8, 4) is 0 Å². The smallest absolute Gasteiger partial charge is 0.231 e. The molecule has 0 fully saturated rings. The molecule has 0 radical (unpaired) electrons. The van der Waals surface area contributed by atoms with Gasteiger partial charge >= 0.3 is 0 Å². The third-order valence-electron chi connectivity index (χ3n) is 1.71. The third kappa shape index (κ3) is 3.13. The average Bonchev–Trinajstić information content (AvgIpc) is 2.20. The summed E-state index contributed by atoms with van der Waals surface area (Å²) in [6.07, 6.45) is -0.494. The number of thiocarbonyl (C=S) groups is 1. The molecule has 0 aliphatic heterocycles.